The monoisotopic (exact) mass is 367 g/mol. The van der Waals surface area contributed by atoms with Crippen LogP contribution in [0, 0.1) is 36.8 Å². The van der Waals surface area contributed by atoms with E-state index in [9.17, 15) is 19.7 Å². The molecule has 1 N–H and O–H groups in total. The number of nitro benzene ring substituents is 1. The van der Waals surface area contributed by atoms with Crippen LogP contribution in [-0.2, 0) is 9.59 Å². The summed E-state index contributed by atoms with van der Waals surface area (Å²) in [7, 11) is 0. The first-order valence-corrected chi connectivity index (χ1v) is 8.70. The minimum atomic E-state index is -0.500. The molecule has 0 radical (unpaired) electrons. The summed E-state index contributed by atoms with van der Waals surface area (Å²) in [6.45, 7) is 5.81. The predicted molar refractivity (Wildman–Crippen MR) is 103 cm³/mol. The number of nitrogens with zero attached hydrogens (tertiary/aromatic N) is 2. The third kappa shape index (κ3) is 3.81. The standard InChI is InChI=1S/C20H21N3O4/c1-12-4-6-16(8-14(12)3)21-20(25)15-9-19(24)22(11-15)17-7-5-13(2)18(10-17)23(26)27/h4-8,10,15H,9,11H2,1-3H3,(H,21,25)/t15-/m0/s1. The molecule has 0 unspecified atom stereocenters. The summed E-state index contributed by atoms with van der Waals surface area (Å²) in [5.41, 5.74) is 3.83. The van der Waals surface area contributed by atoms with Gasteiger partial charge < -0.3 is 10.2 Å². The number of carbonyl (C=O) groups excluding carboxylic acids is 2. The van der Waals surface area contributed by atoms with Gasteiger partial charge >= 0.3 is 0 Å². The third-order valence-corrected chi connectivity index (χ3v) is 4.97. The molecule has 140 valence electrons. The molecule has 1 atom stereocenters. The second kappa shape index (κ2) is 7.19. The SMILES string of the molecule is Cc1ccc(NC(=O)[C@H]2CC(=O)N(c3ccc(C)c([N+](=O)[O-])c3)C2)cc1C. The van der Waals surface area contributed by atoms with Gasteiger partial charge in [-0.15, -0.1) is 0 Å². The first-order chi connectivity index (χ1) is 12.8. The highest BCUT2D eigenvalue weighted by atomic mass is 16.6. The van der Waals surface area contributed by atoms with Crippen LogP contribution in [0.25, 0.3) is 0 Å². The van der Waals surface area contributed by atoms with Crippen molar-refractivity contribution in [3.8, 4) is 0 Å². The molecular formula is C20H21N3O4. The maximum Gasteiger partial charge on any atom is 0.274 e. The van der Waals surface area contributed by atoms with Crippen molar-refractivity contribution in [3.05, 3.63) is 63.2 Å². The normalized spacial score (nSPS) is 16.5. The summed E-state index contributed by atoms with van der Waals surface area (Å²) in [4.78, 5) is 37.1. The lowest BCUT2D eigenvalue weighted by Crippen LogP contribution is -2.28. The maximum absolute atomic E-state index is 12.6. The Bertz CT molecular complexity index is 939. The average molecular weight is 367 g/mol. The van der Waals surface area contributed by atoms with Gasteiger partial charge in [0.05, 0.1) is 16.5 Å². The summed E-state index contributed by atoms with van der Waals surface area (Å²) in [5.74, 6) is -0.941. The Kier molecular flexibility index (Phi) is 4.94. The molecule has 7 nitrogen and oxygen atoms in total. The Hall–Kier alpha value is -3.22. The van der Waals surface area contributed by atoms with Crippen molar-refractivity contribution < 1.29 is 14.5 Å². The van der Waals surface area contributed by atoms with Gasteiger partial charge in [-0.3, -0.25) is 19.7 Å². The number of rotatable bonds is 4. The van der Waals surface area contributed by atoms with Gasteiger partial charge in [-0.1, -0.05) is 12.1 Å². The fourth-order valence-electron chi connectivity index (χ4n) is 3.16. The number of carbonyl (C=O) groups is 2. The lowest BCUT2D eigenvalue weighted by molar-refractivity contribution is -0.385. The molecule has 1 saturated heterocycles. The van der Waals surface area contributed by atoms with Crippen molar-refractivity contribution in [2.45, 2.75) is 27.2 Å². The number of nitrogens with one attached hydrogen (secondary N) is 1. The number of amides is 2. The van der Waals surface area contributed by atoms with Gasteiger partial charge in [0.1, 0.15) is 0 Å². The molecule has 2 amide bonds. The van der Waals surface area contributed by atoms with Crippen LogP contribution in [0.5, 0.6) is 0 Å². The summed E-state index contributed by atoms with van der Waals surface area (Å²) < 4.78 is 0. The fraction of sp³-hybridized carbons (Fsp3) is 0.300. The molecule has 3 rings (SSSR count). The molecule has 0 spiro atoms. The van der Waals surface area contributed by atoms with Crippen LogP contribution in [0.3, 0.4) is 0 Å². The number of benzene rings is 2. The minimum Gasteiger partial charge on any atom is -0.326 e. The molecule has 27 heavy (non-hydrogen) atoms. The number of anilines is 2. The molecule has 1 aliphatic rings. The summed E-state index contributed by atoms with van der Waals surface area (Å²) >= 11 is 0. The van der Waals surface area contributed by atoms with E-state index >= 15 is 0 Å². The molecule has 1 heterocycles. The van der Waals surface area contributed by atoms with Crippen LogP contribution in [0.2, 0.25) is 0 Å². The molecule has 2 aromatic rings. The van der Waals surface area contributed by atoms with E-state index in [1.54, 1.807) is 19.1 Å². The van der Waals surface area contributed by atoms with E-state index in [4.69, 9.17) is 0 Å². The van der Waals surface area contributed by atoms with E-state index in [0.717, 1.165) is 11.1 Å². The zero-order chi connectivity index (χ0) is 19.7. The van der Waals surface area contributed by atoms with E-state index in [2.05, 4.69) is 5.32 Å². The fourth-order valence-corrected chi connectivity index (χ4v) is 3.16. The highest BCUT2D eigenvalue weighted by molar-refractivity contribution is 6.03. The van der Waals surface area contributed by atoms with Crippen molar-refractivity contribution in [2.24, 2.45) is 5.92 Å². The van der Waals surface area contributed by atoms with Gasteiger partial charge in [0, 0.05) is 30.3 Å². The molecule has 7 heteroatoms. The molecule has 0 bridgehead atoms. The molecule has 1 aliphatic heterocycles. The largest absolute Gasteiger partial charge is 0.326 e. The Morgan fingerprint density at radius 3 is 2.48 bits per heavy atom. The molecule has 0 aliphatic carbocycles. The van der Waals surface area contributed by atoms with Crippen LogP contribution in [0.15, 0.2) is 36.4 Å². The Morgan fingerprint density at radius 1 is 1.11 bits per heavy atom. The van der Waals surface area contributed by atoms with Crippen molar-refractivity contribution >= 4 is 28.9 Å². The predicted octanol–water partition coefficient (Wildman–Crippen LogP) is 3.51. The first-order valence-electron chi connectivity index (χ1n) is 8.70. The van der Waals surface area contributed by atoms with Gasteiger partial charge in [0.2, 0.25) is 11.8 Å². The number of hydrogen-bond donors (Lipinski definition) is 1. The van der Waals surface area contributed by atoms with Crippen molar-refractivity contribution in [2.75, 3.05) is 16.8 Å². The maximum atomic E-state index is 12.6. The third-order valence-electron chi connectivity index (χ3n) is 4.97. The van der Waals surface area contributed by atoms with Crippen LogP contribution >= 0.6 is 0 Å². The lowest BCUT2D eigenvalue weighted by Gasteiger charge is -2.17. The zero-order valence-electron chi connectivity index (χ0n) is 15.5. The van der Waals surface area contributed by atoms with E-state index < -0.39 is 10.8 Å². The Balaban J connectivity index is 1.75. The number of hydrogen-bond acceptors (Lipinski definition) is 4. The van der Waals surface area contributed by atoms with Crippen molar-refractivity contribution in [1.29, 1.82) is 0 Å². The van der Waals surface area contributed by atoms with Crippen molar-refractivity contribution in [1.82, 2.24) is 0 Å². The second-order valence-electron chi connectivity index (χ2n) is 6.92. The Morgan fingerprint density at radius 2 is 1.81 bits per heavy atom. The zero-order valence-corrected chi connectivity index (χ0v) is 15.5. The van der Waals surface area contributed by atoms with Crippen LogP contribution in [-0.4, -0.2) is 23.3 Å². The summed E-state index contributed by atoms with van der Waals surface area (Å²) in [6.07, 6.45) is 0.0817. The quantitative estimate of drug-likeness (QED) is 0.661. The highest BCUT2D eigenvalue weighted by Crippen LogP contribution is 2.30. The van der Waals surface area contributed by atoms with Gasteiger partial charge in [-0.05, 0) is 50.1 Å². The topological polar surface area (TPSA) is 92.6 Å². The molecule has 0 aromatic heterocycles. The van der Waals surface area contributed by atoms with Gasteiger partial charge in [-0.2, -0.15) is 0 Å². The second-order valence-corrected chi connectivity index (χ2v) is 6.92. The van der Waals surface area contributed by atoms with E-state index in [0.29, 0.717) is 16.9 Å². The summed E-state index contributed by atoms with van der Waals surface area (Å²) in [6, 6.07) is 10.3. The Labute approximate surface area is 157 Å². The minimum absolute atomic E-state index is 0.0386. The molecule has 0 saturated carbocycles. The van der Waals surface area contributed by atoms with Gasteiger partial charge in [-0.25, -0.2) is 0 Å². The first kappa shape index (κ1) is 18.6. The van der Waals surface area contributed by atoms with Crippen molar-refractivity contribution in [3.63, 3.8) is 0 Å². The van der Waals surface area contributed by atoms with E-state index in [-0.39, 0.29) is 30.5 Å². The van der Waals surface area contributed by atoms with Gasteiger partial charge in [0.15, 0.2) is 0 Å². The molecule has 2 aromatic carbocycles. The van der Waals surface area contributed by atoms with Crippen LogP contribution in [0.4, 0.5) is 17.1 Å². The van der Waals surface area contributed by atoms with E-state index in [1.807, 2.05) is 32.0 Å². The summed E-state index contributed by atoms with van der Waals surface area (Å²) in [5, 5.41) is 14.0. The van der Waals surface area contributed by atoms with Gasteiger partial charge in [0.25, 0.3) is 5.69 Å². The van der Waals surface area contributed by atoms with Crippen LogP contribution in [0.1, 0.15) is 23.1 Å². The average Bonchev–Trinajstić information content (AvgIpc) is 3.00. The number of nitro groups is 1. The van der Waals surface area contributed by atoms with E-state index in [1.165, 1.54) is 11.0 Å². The van der Waals surface area contributed by atoms with Crippen LogP contribution < -0.4 is 10.2 Å². The molecule has 1 fully saturated rings. The molecular weight excluding hydrogens is 346 g/mol. The smallest absolute Gasteiger partial charge is 0.274 e. The lowest BCUT2D eigenvalue weighted by atomic mass is 10.1. The highest BCUT2D eigenvalue weighted by Gasteiger charge is 2.35. The number of aryl methyl sites for hydroxylation is 3.